The number of carbonyl (C=O) groups is 1. The van der Waals surface area contributed by atoms with Crippen molar-refractivity contribution in [3.63, 3.8) is 0 Å². The van der Waals surface area contributed by atoms with Gasteiger partial charge in [-0.2, -0.15) is 0 Å². The van der Waals surface area contributed by atoms with Gasteiger partial charge in [0.2, 0.25) is 0 Å². The average Bonchev–Trinajstić information content (AvgIpc) is 2.90. The minimum Gasteiger partial charge on any atom is -0.334 e. The highest BCUT2D eigenvalue weighted by atomic mass is 35.5. The van der Waals surface area contributed by atoms with Crippen LogP contribution < -0.4 is 5.32 Å². The first-order valence-corrected chi connectivity index (χ1v) is 8.59. The highest BCUT2D eigenvalue weighted by Crippen LogP contribution is 2.22. The Bertz CT molecular complexity index is 640. The molecule has 0 bridgehead atoms. The second-order valence-corrected chi connectivity index (χ2v) is 7.57. The van der Waals surface area contributed by atoms with E-state index in [1.54, 1.807) is 11.9 Å². The summed E-state index contributed by atoms with van der Waals surface area (Å²) in [6, 6.07) is 12.0. The molecule has 2 amide bonds. The Morgan fingerprint density at radius 3 is 2.26 bits per heavy atom. The molecule has 0 aliphatic rings. The lowest BCUT2D eigenvalue weighted by Gasteiger charge is -2.17. The number of halogens is 1. The van der Waals surface area contributed by atoms with Crippen molar-refractivity contribution in [2.45, 2.75) is 19.6 Å². The molecule has 1 aromatic carbocycles. The molecule has 0 spiro atoms. The highest BCUT2D eigenvalue weighted by Gasteiger charge is 2.10. The van der Waals surface area contributed by atoms with Crippen LogP contribution >= 0.6 is 22.9 Å². The highest BCUT2D eigenvalue weighted by molar-refractivity contribution is 7.16. The van der Waals surface area contributed by atoms with Gasteiger partial charge in [0.15, 0.2) is 0 Å². The zero-order valence-electron chi connectivity index (χ0n) is 13.7. The van der Waals surface area contributed by atoms with Gasteiger partial charge in [0.25, 0.3) is 0 Å². The third kappa shape index (κ3) is 5.86. The van der Waals surface area contributed by atoms with E-state index in [0.717, 1.165) is 21.3 Å². The number of thiophene rings is 1. The lowest BCUT2D eigenvalue weighted by atomic mass is 10.1. The first-order chi connectivity index (χ1) is 10.9. The quantitative estimate of drug-likeness (QED) is 0.859. The monoisotopic (exact) mass is 351 g/mol. The molecule has 1 N–H and O–H groups in total. The summed E-state index contributed by atoms with van der Waals surface area (Å²) in [7, 11) is 5.87. The Labute approximate surface area is 146 Å². The molecule has 1 aromatic heterocycles. The SMILES string of the molecule is CN(C)Cc1ccc(CNC(=O)N(C)Cc2ccc(Cl)s2)cc1. The normalized spacial score (nSPS) is 10.8. The molecule has 124 valence electrons. The Morgan fingerprint density at radius 1 is 1.04 bits per heavy atom. The minimum atomic E-state index is -0.0908. The Kier molecular flexibility index (Phi) is 6.45. The maximum Gasteiger partial charge on any atom is 0.317 e. The molecule has 0 fully saturated rings. The topological polar surface area (TPSA) is 35.6 Å². The first kappa shape index (κ1) is 17.8. The lowest BCUT2D eigenvalue weighted by Crippen LogP contribution is -2.36. The van der Waals surface area contributed by atoms with Crippen LogP contribution in [0.3, 0.4) is 0 Å². The van der Waals surface area contributed by atoms with Crippen molar-refractivity contribution in [2.75, 3.05) is 21.1 Å². The van der Waals surface area contributed by atoms with E-state index in [0.29, 0.717) is 13.1 Å². The number of nitrogens with zero attached hydrogens (tertiary/aromatic N) is 2. The first-order valence-electron chi connectivity index (χ1n) is 7.40. The Balaban J connectivity index is 1.81. The van der Waals surface area contributed by atoms with Crippen molar-refractivity contribution in [3.8, 4) is 0 Å². The van der Waals surface area contributed by atoms with E-state index in [2.05, 4.69) is 34.5 Å². The summed E-state index contributed by atoms with van der Waals surface area (Å²) in [4.78, 5) is 17.0. The van der Waals surface area contributed by atoms with E-state index in [4.69, 9.17) is 11.6 Å². The number of nitrogens with one attached hydrogen (secondary N) is 1. The van der Waals surface area contributed by atoms with Crippen LogP contribution in [0, 0.1) is 0 Å². The second kappa shape index (κ2) is 8.34. The summed E-state index contributed by atoms with van der Waals surface area (Å²) in [5, 5.41) is 2.93. The molecule has 23 heavy (non-hydrogen) atoms. The number of urea groups is 1. The van der Waals surface area contributed by atoms with Crippen LogP contribution in [-0.2, 0) is 19.6 Å². The van der Waals surface area contributed by atoms with Crippen LogP contribution in [0.5, 0.6) is 0 Å². The van der Waals surface area contributed by atoms with Crippen LogP contribution in [-0.4, -0.2) is 37.0 Å². The largest absolute Gasteiger partial charge is 0.334 e. The molecule has 0 atom stereocenters. The predicted molar refractivity (Wildman–Crippen MR) is 96.9 cm³/mol. The van der Waals surface area contributed by atoms with Gasteiger partial charge in [-0.3, -0.25) is 0 Å². The maximum absolute atomic E-state index is 12.1. The number of rotatable bonds is 6. The zero-order chi connectivity index (χ0) is 16.8. The van der Waals surface area contributed by atoms with Crippen LogP contribution in [0.25, 0.3) is 0 Å². The number of benzene rings is 1. The molecular weight excluding hydrogens is 330 g/mol. The van der Waals surface area contributed by atoms with Gasteiger partial charge in [0.05, 0.1) is 10.9 Å². The van der Waals surface area contributed by atoms with Crippen molar-refractivity contribution in [3.05, 3.63) is 56.7 Å². The smallest absolute Gasteiger partial charge is 0.317 e. The van der Waals surface area contributed by atoms with E-state index in [1.165, 1.54) is 16.9 Å². The summed E-state index contributed by atoms with van der Waals surface area (Å²) in [5.74, 6) is 0. The fourth-order valence-corrected chi connectivity index (χ4v) is 3.32. The molecule has 2 rings (SSSR count). The molecule has 6 heteroatoms. The van der Waals surface area contributed by atoms with Crippen molar-refractivity contribution in [1.29, 1.82) is 0 Å². The van der Waals surface area contributed by atoms with E-state index < -0.39 is 0 Å². The number of amides is 2. The standard InChI is InChI=1S/C17H22ClN3OS/c1-20(2)11-14-6-4-13(5-7-14)10-19-17(22)21(3)12-15-8-9-16(18)23-15/h4-9H,10-12H2,1-3H3,(H,19,22). The van der Waals surface area contributed by atoms with Gasteiger partial charge in [-0.25, -0.2) is 4.79 Å². The third-order valence-corrected chi connectivity index (χ3v) is 4.55. The summed E-state index contributed by atoms with van der Waals surface area (Å²) in [6.45, 7) is 2.00. The fraction of sp³-hybridized carbons (Fsp3) is 0.353. The molecule has 1 heterocycles. The molecular formula is C17H22ClN3OS. The summed E-state index contributed by atoms with van der Waals surface area (Å²) >= 11 is 7.40. The third-order valence-electron chi connectivity index (χ3n) is 3.33. The molecule has 4 nitrogen and oxygen atoms in total. The van der Waals surface area contributed by atoms with Gasteiger partial charge in [-0.1, -0.05) is 35.9 Å². The summed E-state index contributed by atoms with van der Waals surface area (Å²) in [6.07, 6.45) is 0. The van der Waals surface area contributed by atoms with Crippen molar-refractivity contribution < 1.29 is 4.79 Å². The second-order valence-electron chi connectivity index (χ2n) is 5.77. The van der Waals surface area contributed by atoms with Crippen LogP contribution in [0.4, 0.5) is 4.79 Å². The minimum absolute atomic E-state index is 0.0908. The number of hydrogen-bond donors (Lipinski definition) is 1. The molecule has 0 saturated carbocycles. The van der Waals surface area contributed by atoms with E-state index in [-0.39, 0.29) is 6.03 Å². The number of carbonyl (C=O) groups excluding carboxylic acids is 1. The van der Waals surface area contributed by atoms with Crippen molar-refractivity contribution in [1.82, 2.24) is 15.1 Å². The Morgan fingerprint density at radius 2 is 1.70 bits per heavy atom. The molecule has 0 unspecified atom stereocenters. The van der Waals surface area contributed by atoms with Gasteiger partial charge in [0, 0.05) is 25.0 Å². The van der Waals surface area contributed by atoms with Gasteiger partial charge >= 0.3 is 6.03 Å². The van der Waals surface area contributed by atoms with Crippen molar-refractivity contribution >= 4 is 29.0 Å². The summed E-state index contributed by atoms with van der Waals surface area (Å²) < 4.78 is 0.742. The molecule has 2 aromatic rings. The van der Waals surface area contributed by atoms with Crippen molar-refractivity contribution in [2.24, 2.45) is 0 Å². The van der Waals surface area contributed by atoms with Gasteiger partial charge < -0.3 is 15.1 Å². The molecule has 0 aliphatic carbocycles. The molecule has 0 radical (unpaired) electrons. The summed E-state index contributed by atoms with van der Waals surface area (Å²) in [5.41, 5.74) is 2.35. The van der Waals surface area contributed by atoms with Gasteiger partial charge in [-0.15, -0.1) is 11.3 Å². The van der Waals surface area contributed by atoms with E-state index >= 15 is 0 Å². The Hall–Kier alpha value is -1.56. The molecule has 0 saturated heterocycles. The maximum atomic E-state index is 12.1. The predicted octanol–water partition coefficient (Wildman–Crippen LogP) is 3.80. The van der Waals surface area contributed by atoms with E-state index in [1.807, 2.05) is 26.2 Å². The lowest BCUT2D eigenvalue weighted by molar-refractivity contribution is 0.207. The fourth-order valence-electron chi connectivity index (χ4n) is 2.18. The van der Waals surface area contributed by atoms with E-state index in [9.17, 15) is 4.79 Å². The van der Waals surface area contributed by atoms with Crippen LogP contribution in [0.1, 0.15) is 16.0 Å². The molecule has 0 aliphatic heterocycles. The zero-order valence-corrected chi connectivity index (χ0v) is 15.2. The average molecular weight is 352 g/mol. The van der Waals surface area contributed by atoms with Gasteiger partial charge in [0.1, 0.15) is 0 Å². The van der Waals surface area contributed by atoms with Gasteiger partial charge in [-0.05, 0) is 37.4 Å². The van der Waals surface area contributed by atoms with Crippen LogP contribution in [0.2, 0.25) is 4.34 Å². The van der Waals surface area contributed by atoms with Crippen LogP contribution in [0.15, 0.2) is 36.4 Å². The number of hydrogen-bond acceptors (Lipinski definition) is 3.